The molecule has 1 aliphatic heterocycles. The Bertz CT molecular complexity index is 384. The summed E-state index contributed by atoms with van der Waals surface area (Å²) >= 11 is 0. The van der Waals surface area contributed by atoms with Crippen molar-refractivity contribution in [3.05, 3.63) is 29.6 Å². The highest BCUT2D eigenvalue weighted by atomic mass is 19.1. The summed E-state index contributed by atoms with van der Waals surface area (Å²) in [4.78, 5) is 2.02. The topological polar surface area (TPSA) is 23.5 Å². The highest BCUT2D eigenvalue weighted by molar-refractivity contribution is 5.59. The fourth-order valence-corrected chi connectivity index (χ4v) is 2.30. The van der Waals surface area contributed by atoms with E-state index in [2.05, 4.69) is 0 Å². The molecule has 1 N–H and O–H groups in total. The molecule has 0 radical (unpaired) electrons. The third kappa shape index (κ3) is 1.72. The molecule has 0 aliphatic carbocycles. The van der Waals surface area contributed by atoms with E-state index in [-0.39, 0.29) is 11.9 Å². The molecule has 1 aliphatic rings. The van der Waals surface area contributed by atoms with Crippen molar-refractivity contribution < 1.29 is 9.50 Å². The van der Waals surface area contributed by atoms with Crippen molar-refractivity contribution in [2.75, 3.05) is 11.9 Å². The predicted octanol–water partition coefficient (Wildman–Crippen LogP) is 1.96. The summed E-state index contributed by atoms with van der Waals surface area (Å²) in [6, 6.07) is 4.81. The Balaban J connectivity index is 2.37. The third-order valence-corrected chi connectivity index (χ3v) is 3.12. The highest BCUT2D eigenvalue weighted by Crippen LogP contribution is 2.35. The molecule has 0 spiro atoms. The molecule has 0 bridgehead atoms. The Labute approximate surface area is 89.3 Å². The van der Waals surface area contributed by atoms with E-state index in [0.29, 0.717) is 6.42 Å². The fourth-order valence-electron chi connectivity index (χ4n) is 2.30. The second-order valence-electron chi connectivity index (χ2n) is 4.76. The van der Waals surface area contributed by atoms with Gasteiger partial charge >= 0.3 is 0 Å². The Morgan fingerprint density at radius 2 is 2.13 bits per heavy atom. The highest BCUT2D eigenvalue weighted by Gasteiger charge is 2.36. The van der Waals surface area contributed by atoms with Gasteiger partial charge in [-0.05, 0) is 44.0 Å². The molecule has 1 unspecified atom stereocenters. The molecule has 1 heterocycles. The number of anilines is 1. The second kappa shape index (κ2) is 3.20. The van der Waals surface area contributed by atoms with E-state index < -0.39 is 5.60 Å². The number of nitrogens with zero attached hydrogens (tertiary/aromatic N) is 1. The first-order valence-corrected chi connectivity index (χ1v) is 5.13. The SMILES string of the molecule is CN1c2ccc(F)cc2CC1C(C)(C)O. The van der Waals surface area contributed by atoms with Crippen LogP contribution < -0.4 is 4.90 Å². The summed E-state index contributed by atoms with van der Waals surface area (Å²) in [6.07, 6.45) is 0.701. The number of halogens is 1. The maximum atomic E-state index is 13.0. The summed E-state index contributed by atoms with van der Waals surface area (Å²) in [6.45, 7) is 3.58. The van der Waals surface area contributed by atoms with Gasteiger partial charge in [0.05, 0.1) is 11.6 Å². The standard InChI is InChI=1S/C12H16FNO/c1-12(2,15)11-7-8-6-9(13)4-5-10(8)14(11)3/h4-6,11,15H,7H2,1-3H3. The van der Waals surface area contributed by atoms with Crippen molar-refractivity contribution in [2.45, 2.75) is 31.9 Å². The van der Waals surface area contributed by atoms with Crippen molar-refractivity contribution in [2.24, 2.45) is 0 Å². The van der Waals surface area contributed by atoms with Crippen LogP contribution in [0.2, 0.25) is 0 Å². The molecule has 0 fully saturated rings. The molecule has 0 saturated heterocycles. The number of likely N-dealkylation sites (N-methyl/N-ethyl adjacent to an activating group) is 1. The van der Waals surface area contributed by atoms with Crippen LogP contribution in [0.4, 0.5) is 10.1 Å². The van der Waals surface area contributed by atoms with E-state index >= 15 is 0 Å². The quantitative estimate of drug-likeness (QED) is 0.764. The Hall–Kier alpha value is -1.09. The van der Waals surface area contributed by atoms with Crippen LogP contribution in [0.1, 0.15) is 19.4 Å². The van der Waals surface area contributed by atoms with Gasteiger partial charge in [0.1, 0.15) is 5.82 Å². The molecular weight excluding hydrogens is 193 g/mol. The maximum absolute atomic E-state index is 13.0. The van der Waals surface area contributed by atoms with Gasteiger partial charge in [-0.3, -0.25) is 0 Å². The third-order valence-electron chi connectivity index (χ3n) is 3.12. The minimum atomic E-state index is -0.774. The number of fused-ring (bicyclic) bond motifs is 1. The van der Waals surface area contributed by atoms with Crippen LogP contribution >= 0.6 is 0 Å². The fraction of sp³-hybridized carbons (Fsp3) is 0.500. The summed E-state index contributed by atoms with van der Waals surface area (Å²) in [5.41, 5.74) is 1.22. The Morgan fingerprint density at radius 3 is 2.73 bits per heavy atom. The number of hydrogen-bond acceptors (Lipinski definition) is 2. The zero-order chi connectivity index (χ0) is 11.2. The lowest BCUT2D eigenvalue weighted by atomic mass is 9.95. The minimum absolute atomic E-state index is 0.0225. The molecule has 82 valence electrons. The Morgan fingerprint density at radius 1 is 1.47 bits per heavy atom. The molecule has 2 rings (SSSR count). The summed E-state index contributed by atoms with van der Waals surface area (Å²) in [5, 5.41) is 9.99. The van der Waals surface area contributed by atoms with Crippen molar-refractivity contribution >= 4 is 5.69 Å². The maximum Gasteiger partial charge on any atom is 0.123 e. The van der Waals surface area contributed by atoms with E-state index in [9.17, 15) is 9.50 Å². The first-order chi connectivity index (χ1) is 6.89. The lowest BCUT2D eigenvalue weighted by molar-refractivity contribution is 0.0533. The number of aliphatic hydroxyl groups is 1. The van der Waals surface area contributed by atoms with E-state index in [1.807, 2.05) is 11.9 Å². The van der Waals surface area contributed by atoms with Crippen LogP contribution in [0.3, 0.4) is 0 Å². The molecule has 0 saturated carbocycles. The lowest BCUT2D eigenvalue weighted by Crippen LogP contribution is -2.46. The number of benzene rings is 1. The normalized spacial score (nSPS) is 20.6. The van der Waals surface area contributed by atoms with E-state index in [4.69, 9.17) is 0 Å². The Kier molecular flexibility index (Phi) is 2.23. The first kappa shape index (κ1) is 10.4. The average Bonchev–Trinajstić information content (AvgIpc) is 2.42. The monoisotopic (exact) mass is 209 g/mol. The van der Waals surface area contributed by atoms with E-state index in [0.717, 1.165) is 11.3 Å². The van der Waals surface area contributed by atoms with Crippen LogP contribution in [0.5, 0.6) is 0 Å². The van der Waals surface area contributed by atoms with Crippen LogP contribution in [0.25, 0.3) is 0 Å². The van der Waals surface area contributed by atoms with Crippen molar-refractivity contribution in [1.82, 2.24) is 0 Å². The molecule has 1 aromatic rings. The largest absolute Gasteiger partial charge is 0.388 e. The van der Waals surface area contributed by atoms with Crippen LogP contribution in [-0.2, 0) is 6.42 Å². The van der Waals surface area contributed by atoms with Gasteiger partial charge in [-0.2, -0.15) is 0 Å². The van der Waals surface area contributed by atoms with Gasteiger partial charge in [0.25, 0.3) is 0 Å². The minimum Gasteiger partial charge on any atom is -0.388 e. The van der Waals surface area contributed by atoms with Gasteiger partial charge < -0.3 is 10.0 Å². The van der Waals surface area contributed by atoms with Crippen LogP contribution in [-0.4, -0.2) is 23.8 Å². The zero-order valence-electron chi connectivity index (χ0n) is 9.29. The van der Waals surface area contributed by atoms with Crippen molar-refractivity contribution in [3.63, 3.8) is 0 Å². The smallest absolute Gasteiger partial charge is 0.123 e. The molecule has 0 aromatic heterocycles. The van der Waals surface area contributed by atoms with Gasteiger partial charge in [-0.1, -0.05) is 0 Å². The predicted molar refractivity (Wildman–Crippen MR) is 58.6 cm³/mol. The van der Waals surface area contributed by atoms with Gasteiger partial charge in [0.2, 0.25) is 0 Å². The molecule has 2 nitrogen and oxygen atoms in total. The average molecular weight is 209 g/mol. The molecule has 1 atom stereocenters. The zero-order valence-corrected chi connectivity index (χ0v) is 9.29. The molecule has 3 heteroatoms. The molecule has 0 amide bonds. The summed E-state index contributed by atoms with van der Waals surface area (Å²) in [7, 11) is 1.94. The van der Waals surface area contributed by atoms with Gasteiger partial charge in [0.15, 0.2) is 0 Å². The first-order valence-electron chi connectivity index (χ1n) is 5.13. The number of hydrogen-bond donors (Lipinski definition) is 1. The molecule has 15 heavy (non-hydrogen) atoms. The second-order valence-corrected chi connectivity index (χ2v) is 4.76. The van der Waals surface area contributed by atoms with Crippen LogP contribution in [0.15, 0.2) is 18.2 Å². The summed E-state index contributed by atoms with van der Waals surface area (Å²) < 4.78 is 13.0. The molecular formula is C12H16FNO. The van der Waals surface area contributed by atoms with Gasteiger partial charge in [-0.25, -0.2) is 4.39 Å². The van der Waals surface area contributed by atoms with Crippen molar-refractivity contribution in [3.8, 4) is 0 Å². The molecule has 1 aromatic carbocycles. The van der Waals surface area contributed by atoms with E-state index in [1.165, 1.54) is 6.07 Å². The lowest BCUT2D eigenvalue weighted by Gasteiger charge is -2.32. The summed E-state index contributed by atoms with van der Waals surface area (Å²) in [5.74, 6) is -0.210. The van der Waals surface area contributed by atoms with Gasteiger partial charge in [0, 0.05) is 12.7 Å². The van der Waals surface area contributed by atoms with Crippen molar-refractivity contribution in [1.29, 1.82) is 0 Å². The van der Waals surface area contributed by atoms with E-state index in [1.54, 1.807) is 26.0 Å². The van der Waals surface area contributed by atoms with Crippen LogP contribution in [0, 0.1) is 5.82 Å². The van der Waals surface area contributed by atoms with Gasteiger partial charge in [-0.15, -0.1) is 0 Å². The number of rotatable bonds is 1.